The van der Waals surface area contributed by atoms with Crippen molar-refractivity contribution in [3.05, 3.63) is 35.1 Å². The second-order valence-electron chi connectivity index (χ2n) is 6.33. The lowest BCUT2D eigenvalue weighted by molar-refractivity contribution is -0.104. The lowest BCUT2D eigenvalue weighted by atomic mass is 9.84. The maximum Gasteiger partial charge on any atom is 0.410 e. The number of amides is 1. The molecule has 1 amide bonds. The van der Waals surface area contributed by atoms with Gasteiger partial charge >= 0.3 is 6.09 Å². The molecule has 0 radical (unpaired) electrons. The minimum absolute atomic E-state index is 0.117. The Morgan fingerprint density at radius 2 is 2.00 bits per heavy atom. The van der Waals surface area contributed by atoms with Gasteiger partial charge in [-0.15, -0.1) is 0 Å². The van der Waals surface area contributed by atoms with Crippen molar-refractivity contribution in [2.75, 3.05) is 13.1 Å². The molecule has 1 aromatic rings. The van der Waals surface area contributed by atoms with Crippen molar-refractivity contribution in [2.45, 2.75) is 38.9 Å². The third-order valence-corrected chi connectivity index (χ3v) is 3.26. The fourth-order valence-electron chi connectivity index (χ4n) is 2.31. The molecule has 1 saturated heterocycles. The molecule has 1 aliphatic heterocycles. The molecular weight excluding hydrogens is 261 g/mol. The van der Waals surface area contributed by atoms with E-state index in [-0.39, 0.29) is 13.1 Å². The highest BCUT2D eigenvalue weighted by molar-refractivity contribution is 5.70. The monoisotopic (exact) mass is 281 g/mol. The molecule has 1 aromatic carbocycles. The van der Waals surface area contributed by atoms with E-state index in [1.54, 1.807) is 26.8 Å². The van der Waals surface area contributed by atoms with Crippen LogP contribution in [0.25, 0.3) is 0 Å². The first-order valence-corrected chi connectivity index (χ1v) is 6.58. The molecule has 1 heterocycles. The number of rotatable bonds is 1. The molecule has 0 atom stereocenters. The van der Waals surface area contributed by atoms with Gasteiger partial charge in [0.2, 0.25) is 0 Å². The molecule has 0 bridgehead atoms. The fraction of sp³-hybridized carbons (Fsp3) is 0.533. The van der Waals surface area contributed by atoms with Gasteiger partial charge in [0, 0.05) is 0 Å². The van der Waals surface area contributed by atoms with E-state index < -0.39 is 23.1 Å². The van der Waals surface area contributed by atoms with E-state index in [2.05, 4.69) is 0 Å². The number of halogens is 1. The van der Waals surface area contributed by atoms with Crippen molar-refractivity contribution in [1.82, 2.24) is 4.90 Å². The highest BCUT2D eigenvalue weighted by Crippen LogP contribution is 2.35. The zero-order valence-electron chi connectivity index (χ0n) is 12.2. The van der Waals surface area contributed by atoms with Gasteiger partial charge in [0.15, 0.2) is 0 Å². The lowest BCUT2D eigenvalue weighted by Crippen LogP contribution is -2.62. The molecule has 4 nitrogen and oxygen atoms in total. The van der Waals surface area contributed by atoms with Crippen molar-refractivity contribution in [2.24, 2.45) is 0 Å². The van der Waals surface area contributed by atoms with Crippen LogP contribution in [0.3, 0.4) is 0 Å². The summed E-state index contributed by atoms with van der Waals surface area (Å²) < 4.78 is 18.5. The molecule has 5 heteroatoms. The van der Waals surface area contributed by atoms with Crippen molar-refractivity contribution >= 4 is 6.09 Å². The number of aryl methyl sites for hydroxylation is 1. The standard InChI is InChI=1S/C15H20FNO3/c1-10-5-6-11(16)7-12(10)15(19)8-17(9-15)13(18)20-14(2,3)4/h5-7,19H,8-9H2,1-4H3. The molecule has 20 heavy (non-hydrogen) atoms. The number of nitrogens with zero attached hydrogens (tertiary/aromatic N) is 1. The Labute approximate surface area is 118 Å². The second-order valence-corrected chi connectivity index (χ2v) is 6.33. The Morgan fingerprint density at radius 3 is 2.55 bits per heavy atom. The summed E-state index contributed by atoms with van der Waals surface area (Å²) in [4.78, 5) is 13.2. The van der Waals surface area contributed by atoms with E-state index in [4.69, 9.17) is 4.74 Å². The van der Waals surface area contributed by atoms with Gasteiger partial charge in [-0.1, -0.05) is 6.07 Å². The summed E-state index contributed by atoms with van der Waals surface area (Å²) in [6.45, 7) is 7.40. The van der Waals surface area contributed by atoms with E-state index in [0.717, 1.165) is 5.56 Å². The lowest BCUT2D eigenvalue weighted by Gasteiger charge is -2.47. The summed E-state index contributed by atoms with van der Waals surface area (Å²) in [5.74, 6) is -0.394. The second kappa shape index (κ2) is 4.74. The maximum absolute atomic E-state index is 13.3. The average Bonchev–Trinajstić information content (AvgIpc) is 2.25. The maximum atomic E-state index is 13.3. The van der Waals surface area contributed by atoms with Crippen LogP contribution in [0.5, 0.6) is 0 Å². The number of carbonyl (C=O) groups excluding carboxylic acids is 1. The topological polar surface area (TPSA) is 49.8 Å². The normalized spacial score (nSPS) is 17.6. The highest BCUT2D eigenvalue weighted by Gasteiger charge is 2.47. The molecule has 2 rings (SSSR count). The summed E-state index contributed by atoms with van der Waals surface area (Å²) in [6, 6.07) is 4.30. The van der Waals surface area contributed by atoms with E-state index in [1.165, 1.54) is 17.0 Å². The van der Waals surface area contributed by atoms with E-state index >= 15 is 0 Å². The number of benzene rings is 1. The molecule has 0 spiro atoms. The van der Waals surface area contributed by atoms with E-state index in [9.17, 15) is 14.3 Å². The van der Waals surface area contributed by atoms with Crippen LogP contribution in [0.15, 0.2) is 18.2 Å². The van der Waals surface area contributed by atoms with E-state index in [1.807, 2.05) is 6.92 Å². The summed E-state index contributed by atoms with van der Waals surface area (Å²) >= 11 is 0. The zero-order chi connectivity index (χ0) is 15.1. The summed E-state index contributed by atoms with van der Waals surface area (Å²) in [7, 11) is 0. The molecule has 1 fully saturated rings. The predicted octanol–water partition coefficient (Wildman–Crippen LogP) is 2.57. The Balaban J connectivity index is 2.07. The highest BCUT2D eigenvalue weighted by atomic mass is 19.1. The Hall–Kier alpha value is -1.62. The predicted molar refractivity (Wildman–Crippen MR) is 72.8 cm³/mol. The SMILES string of the molecule is Cc1ccc(F)cc1C1(O)CN(C(=O)OC(C)(C)C)C1. The van der Waals surface area contributed by atoms with Crippen LogP contribution in [0, 0.1) is 12.7 Å². The Kier molecular flexibility index (Phi) is 3.50. The van der Waals surface area contributed by atoms with Gasteiger partial charge < -0.3 is 14.7 Å². The largest absolute Gasteiger partial charge is 0.444 e. The number of hydrogen-bond donors (Lipinski definition) is 1. The number of ether oxygens (including phenoxy) is 1. The van der Waals surface area contributed by atoms with Gasteiger partial charge in [-0.25, -0.2) is 9.18 Å². The number of carbonyl (C=O) groups is 1. The molecule has 1 aliphatic rings. The molecule has 0 aromatic heterocycles. The molecule has 110 valence electrons. The van der Waals surface area contributed by atoms with Crippen LogP contribution in [0.4, 0.5) is 9.18 Å². The van der Waals surface area contributed by atoms with Crippen molar-refractivity contribution in [3.8, 4) is 0 Å². The minimum Gasteiger partial charge on any atom is -0.444 e. The zero-order valence-corrected chi connectivity index (χ0v) is 12.2. The van der Waals surface area contributed by atoms with Crippen LogP contribution in [-0.2, 0) is 10.3 Å². The number of hydrogen-bond acceptors (Lipinski definition) is 3. The number of aliphatic hydroxyl groups is 1. The molecule has 1 N–H and O–H groups in total. The first kappa shape index (κ1) is 14.8. The number of likely N-dealkylation sites (tertiary alicyclic amines) is 1. The van der Waals surface area contributed by atoms with Gasteiger partial charge in [-0.05, 0) is 51.0 Å². The van der Waals surface area contributed by atoms with Crippen molar-refractivity contribution < 1.29 is 19.0 Å². The van der Waals surface area contributed by atoms with Gasteiger partial charge in [0.25, 0.3) is 0 Å². The van der Waals surface area contributed by atoms with Gasteiger partial charge in [-0.3, -0.25) is 0 Å². The smallest absolute Gasteiger partial charge is 0.410 e. The van der Waals surface area contributed by atoms with Crippen LogP contribution < -0.4 is 0 Å². The summed E-state index contributed by atoms with van der Waals surface area (Å²) in [5, 5.41) is 10.5. The van der Waals surface area contributed by atoms with Crippen LogP contribution >= 0.6 is 0 Å². The molecule has 0 aliphatic carbocycles. The van der Waals surface area contributed by atoms with Crippen LogP contribution in [0.1, 0.15) is 31.9 Å². The fourth-order valence-corrected chi connectivity index (χ4v) is 2.31. The Bertz CT molecular complexity index is 530. The third kappa shape index (κ3) is 2.93. The molecular formula is C15H20FNO3. The third-order valence-electron chi connectivity index (χ3n) is 3.26. The number of β-amino-alcohol motifs (C(OH)–C–C–N with tert-alkyl or cyclic N) is 1. The summed E-state index contributed by atoms with van der Waals surface area (Å²) in [5.41, 5.74) is -0.433. The molecule has 0 saturated carbocycles. The Morgan fingerprint density at radius 1 is 1.40 bits per heavy atom. The first-order chi connectivity index (χ1) is 9.11. The quantitative estimate of drug-likeness (QED) is 0.860. The van der Waals surface area contributed by atoms with Crippen molar-refractivity contribution in [3.63, 3.8) is 0 Å². The molecule has 0 unspecified atom stereocenters. The summed E-state index contributed by atoms with van der Waals surface area (Å²) in [6.07, 6.45) is -0.462. The van der Waals surface area contributed by atoms with Gasteiger partial charge in [0.1, 0.15) is 17.0 Å². The van der Waals surface area contributed by atoms with Crippen LogP contribution in [-0.4, -0.2) is 34.8 Å². The minimum atomic E-state index is -1.19. The van der Waals surface area contributed by atoms with Crippen molar-refractivity contribution in [1.29, 1.82) is 0 Å². The van der Waals surface area contributed by atoms with E-state index in [0.29, 0.717) is 5.56 Å². The van der Waals surface area contributed by atoms with Gasteiger partial charge in [-0.2, -0.15) is 0 Å². The van der Waals surface area contributed by atoms with Crippen LogP contribution in [0.2, 0.25) is 0 Å². The average molecular weight is 281 g/mol. The first-order valence-electron chi connectivity index (χ1n) is 6.58. The van der Waals surface area contributed by atoms with Gasteiger partial charge in [0.05, 0.1) is 13.1 Å².